The fraction of sp³-hybridized carbons (Fsp3) is 0.421. The van der Waals surface area contributed by atoms with Gasteiger partial charge in [0.2, 0.25) is 10.0 Å². The number of benzene rings is 1. The molecule has 2 heterocycles. The van der Waals surface area contributed by atoms with E-state index in [1.807, 2.05) is 11.0 Å². The van der Waals surface area contributed by atoms with Crippen LogP contribution in [0.15, 0.2) is 47.5 Å². The second-order valence-electron chi connectivity index (χ2n) is 7.10. The molecule has 6 nitrogen and oxygen atoms in total. The highest BCUT2D eigenvalue weighted by molar-refractivity contribution is 7.89. The Morgan fingerprint density at radius 2 is 1.76 bits per heavy atom. The molecule has 10 heteroatoms. The first-order valence-corrected chi connectivity index (χ1v) is 10.5. The third kappa shape index (κ3) is 5.06. The second-order valence-corrected chi connectivity index (χ2v) is 9.25. The van der Waals surface area contributed by atoms with Crippen LogP contribution in [0.4, 0.5) is 19.0 Å². The summed E-state index contributed by atoms with van der Waals surface area (Å²) >= 11 is 0. The molecule has 0 amide bonds. The van der Waals surface area contributed by atoms with Crippen molar-refractivity contribution in [2.75, 3.05) is 45.2 Å². The molecule has 0 radical (unpaired) electrons. The molecule has 0 unspecified atom stereocenters. The molecule has 1 aliphatic heterocycles. The molecule has 1 saturated heterocycles. The second kappa shape index (κ2) is 8.29. The predicted molar refractivity (Wildman–Crippen MR) is 104 cm³/mol. The molecule has 1 aliphatic rings. The lowest BCUT2D eigenvalue weighted by Crippen LogP contribution is -2.46. The molecule has 0 saturated carbocycles. The number of sulfonamides is 1. The van der Waals surface area contributed by atoms with Crippen molar-refractivity contribution in [1.82, 2.24) is 14.2 Å². The van der Waals surface area contributed by atoms with Gasteiger partial charge in [-0.25, -0.2) is 17.7 Å². The van der Waals surface area contributed by atoms with E-state index in [2.05, 4.69) is 9.88 Å². The summed E-state index contributed by atoms with van der Waals surface area (Å²) in [7, 11) is -0.488. The number of hydrogen-bond donors (Lipinski definition) is 0. The molecule has 0 N–H and O–H groups in total. The van der Waals surface area contributed by atoms with E-state index in [-0.39, 0.29) is 4.90 Å². The average Bonchev–Trinajstić information content (AvgIpc) is 2.68. The zero-order chi connectivity index (χ0) is 21.2. The summed E-state index contributed by atoms with van der Waals surface area (Å²) < 4.78 is 63.8. The van der Waals surface area contributed by atoms with Gasteiger partial charge in [0.05, 0.1) is 10.5 Å². The van der Waals surface area contributed by atoms with Gasteiger partial charge in [-0.15, -0.1) is 0 Å². The molecular formula is C19H23F3N4O2S. The summed E-state index contributed by atoms with van der Waals surface area (Å²) in [6.45, 7) is 3.27. The molecule has 0 bridgehead atoms. The Labute approximate surface area is 168 Å². The largest absolute Gasteiger partial charge is 0.417 e. The summed E-state index contributed by atoms with van der Waals surface area (Å²) in [5, 5.41) is 0. The van der Waals surface area contributed by atoms with E-state index in [1.165, 1.54) is 24.5 Å². The van der Waals surface area contributed by atoms with Gasteiger partial charge in [-0.2, -0.15) is 13.2 Å². The number of nitrogens with zero attached hydrogens (tertiary/aromatic N) is 4. The summed E-state index contributed by atoms with van der Waals surface area (Å²) in [6.07, 6.45) is -3.53. The highest BCUT2D eigenvalue weighted by Crippen LogP contribution is 2.29. The van der Waals surface area contributed by atoms with Gasteiger partial charge in [-0.1, -0.05) is 12.1 Å². The van der Waals surface area contributed by atoms with E-state index in [0.717, 1.165) is 17.8 Å². The van der Waals surface area contributed by atoms with Crippen LogP contribution in [0.1, 0.15) is 11.1 Å². The van der Waals surface area contributed by atoms with Gasteiger partial charge in [0, 0.05) is 53.0 Å². The summed E-state index contributed by atoms with van der Waals surface area (Å²) in [4.78, 5) is 8.34. The van der Waals surface area contributed by atoms with Crippen LogP contribution in [0.3, 0.4) is 0 Å². The third-order valence-electron chi connectivity index (χ3n) is 4.85. The van der Waals surface area contributed by atoms with E-state index in [9.17, 15) is 21.6 Å². The molecular weight excluding hydrogens is 405 g/mol. The van der Waals surface area contributed by atoms with E-state index in [1.54, 1.807) is 18.2 Å². The Bertz CT molecular complexity index is 939. The van der Waals surface area contributed by atoms with Crippen LogP contribution in [-0.4, -0.2) is 62.9 Å². The third-order valence-corrected chi connectivity index (χ3v) is 6.67. The topological polar surface area (TPSA) is 56.8 Å². The lowest BCUT2D eigenvalue weighted by molar-refractivity contribution is -0.137. The molecule has 1 fully saturated rings. The minimum Gasteiger partial charge on any atom is -0.354 e. The van der Waals surface area contributed by atoms with Crippen LogP contribution in [0.25, 0.3) is 0 Å². The van der Waals surface area contributed by atoms with Crippen LogP contribution in [-0.2, 0) is 22.7 Å². The normalized spacial score (nSPS) is 16.4. The van der Waals surface area contributed by atoms with Gasteiger partial charge in [0.1, 0.15) is 5.82 Å². The number of rotatable bonds is 5. The first-order valence-electron chi connectivity index (χ1n) is 9.09. The average molecular weight is 428 g/mol. The van der Waals surface area contributed by atoms with Crippen molar-refractivity contribution >= 4 is 15.8 Å². The van der Waals surface area contributed by atoms with Gasteiger partial charge in [-0.3, -0.25) is 4.90 Å². The SMILES string of the molecule is CN(C)S(=O)(=O)c1cccc(CN2CCN(c3ccc(C(F)(F)F)cn3)CC2)c1. The molecule has 2 aromatic rings. The highest BCUT2D eigenvalue weighted by atomic mass is 32.2. The fourth-order valence-corrected chi connectivity index (χ4v) is 4.12. The Morgan fingerprint density at radius 1 is 1.07 bits per heavy atom. The summed E-state index contributed by atoms with van der Waals surface area (Å²) in [6, 6.07) is 9.32. The van der Waals surface area contributed by atoms with Crippen LogP contribution >= 0.6 is 0 Å². The standard InChI is InChI=1S/C19H23F3N4O2S/c1-24(2)29(27,28)17-5-3-4-15(12-17)14-25-8-10-26(11-9-25)18-7-6-16(13-23-18)19(20,21)22/h3-7,12-13H,8-11,14H2,1-2H3. The van der Waals surface area contributed by atoms with Crippen LogP contribution in [0.2, 0.25) is 0 Å². The fourth-order valence-electron chi connectivity index (χ4n) is 3.15. The maximum atomic E-state index is 12.7. The number of halogens is 3. The minimum atomic E-state index is -4.39. The van der Waals surface area contributed by atoms with Crippen molar-refractivity contribution < 1.29 is 21.6 Å². The maximum Gasteiger partial charge on any atom is 0.417 e. The molecule has 0 aliphatic carbocycles. The highest BCUT2D eigenvalue weighted by Gasteiger charge is 2.31. The number of pyridine rings is 1. The Kier molecular flexibility index (Phi) is 6.16. The minimum absolute atomic E-state index is 0.257. The number of anilines is 1. The first kappa shape index (κ1) is 21.5. The van der Waals surface area contributed by atoms with Crippen LogP contribution < -0.4 is 4.90 Å². The van der Waals surface area contributed by atoms with E-state index < -0.39 is 21.8 Å². The summed E-state index contributed by atoms with van der Waals surface area (Å²) in [5.74, 6) is 0.525. The number of hydrogen-bond acceptors (Lipinski definition) is 5. The molecule has 3 rings (SSSR count). The van der Waals surface area contributed by atoms with E-state index in [0.29, 0.717) is 38.5 Å². The quantitative estimate of drug-likeness (QED) is 0.733. The zero-order valence-electron chi connectivity index (χ0n) is 16.2. The number of aromatic nitrogens is 1. The predicted octanol–water partition coefficient (Wildman–Crippen LogP) is 2.67. The smallest absolute Gasteiger partial charge is 0.354 e. The maximum absolute atomic E-state index is 12.7. The summed E-state index contributed by atoms with van der Waals surface area (Å²) in [5.41, 5.74) is 0.140. The Morgan fingerprint density at radius 3 is 2.31 bits per heavy atom. The van der Waals surface area contributed by atoms with E-state index >= 15 is 0 Å². The molecule has 0 spiro atoms. The Balaban J connectivity index is 1.61. The molecule has 1 aromatic carbocycles. The van der Waals surface area contributed by atoms with Gasteiger partial charge >= 0.3 is 6.18 Å². The van der Waals surface area contributed by atoms with Gasteiger partial charge < -0.3 is 4.90 Å². The van der Waals surface area contributed by atoms with Gasteiger partial charge in [0.15, 0.2) is 0 Å². The molecule has 1 aromatic heterocycles. The van der Waals surface area contributed by atoms with E-state index in [4.69, 9.17) is 0 Å². The Hall–Kier alpha value is -2.17. The van der Waals surface area contributed by atoms with Crippen molar-refractivity contribution in [1.29, 1.82) is 0 Å². The van der Waals surface area contributed by atoms with Crippen molar-refractivity contribution in [2.24, 2.45) is 0 Å². The number of alkyl halides is 3. The lowest BCUT2D eigenvalue weighted by Gasteiger charge is -2.35. The monoisotopic (exact) mass is 428 g/mol. The first-order chi connectivity index (χ1) is 13.6. The zero-order valence-corrected chi connectivity index (χ0v) is 17.0. The van der Waals surface area contributed by atoms with Crippen molar-refractivity contribution in [3.63, 3.8) is 0 Å². The van der Waals surface area contributed by atoms with Crippen molar-refractivity contribution in [3.8, 4) is 0 Å². The van der Waals surface area contributed by atoms with Crippen LogP contribution in [0.5, 0.6) is 0 Å². The lowest BCUT2D eigenvalue weighted by atomic mass is 10.2. The van der Waals surface area contributed by atoms with Gasteiger partial charge in [0.25, 0.3) is 0 Å². The molecule has 29 heavy (non-hydrogen) atoms. The van der Waals surface area contributed by atoms with Gasteiger partial charge in [-0.05, 0) is 29.8 Å². The molecule has 0 atom stereocenters. The van der Waals surface area contributed by atoms with Crippen molar-refractivity contribution in [2.45, 2.75) is 17.6 Å². The van der Waals surface area contributed by atoms with Crippen molar-refractivity contribution in [3.05, 3.63) is 53.7 Å². The number of piperazine rings is 1. The molecule has 158 valence electrons. The van der Waals surface area contributed by atoms with Crippen LogP contribution in [0, 0.1) is 0 Å².